The highest BCUT2D eigenvalue weighted by molar-refractivity contribution is 6.12. The molecule has 3 amide bonds. The van der Waals surface area contributed by atoms with Crippen molar-refractivity contribution in [2.45, 2.75) is 66.7 Å². The fourth-order valence-electron chi connectivity index (χ4n) is 8.22. The van der Waals surface area contributed by atoms with E-state index in [4.69, 9.17) is 30.9 Å². The Hall–Kier alpha value is -6.75. The van der Waals surface area contributed by atoms with Crippen LogP contribution in [-0.4, -0.2) is 83.7 Å². The van der Waals surface area contributed by atoms with Crippen molar-refractivity contribution in [3.05, 3.63) is 76.7 Å². The predicted octanol–water partition coefficient (Wildman–Crippen LogP) is 5.04. The average Bonchev–Trinajstić information content (AvgIpc) is 3.49. The summed E-state index contributed by atoms with van der Waals surface area (Å²) in [7, 11) is 3.46. The van der Waals surface area contributed by atoms with Crippen molar-refractivity contribution in [2.24, 2.45) is 23.3 Å². The molecule has 5 heterocycles. The lowest BCUT2D eigenvalue weighted by molar-refractivity contribution is 0.0991. The van der Waals surface area contributed by atoms with E-state index in [1.807, 2.05) is 68.3 Å². The van der Waals surface area contributed by atoms with Crippen LogP contribution in [0.2, 0.25) is 0 Å². The minimum atomic E-state index is -0.614. The number of primary amides is 2. The molecule has 2 atom stereocenters. The number of nitrogens with zero attached hydrogens (tertiary/aromatic N) is 8. The molecule has 312 valence electrons. The van der Waals surface area contributed by atoms with Crippen molar-refractivity contribution in [1.82, 2.24) is 44.0 Å². The molecule has 1 aliphatic carbocycles. The van der Waals surface area contributed by atoms with Crippen molar-refractivity contribution < 1.29 is 23.9 Å². The first-order valence-corrected chi connectivity index (χ1v) is 20.3. The Morgan fingerprint density at radius 3 is 2.20 bits per heavy atom. The van der Waals surface area contributed by atoms with E-state index in [2.05, 4.69) is 25.4 Å². The SMILES string of the molecule is CCn1nc(C)cc1C(=O)Nc1nc2cc(C(N)=O)cc(OCCCNC)c2n1C[C@@H]1C[C@H]1Cn1c2nc(-c3cc(C)nn3CC)ccc2c2cc(C(N)=O)cc(OC)c21. The molecule has 1 aliphatic rings. The molecule has 8 rings (SSSR count). The molecule has 0 spiro atoms. The third kappa shape index (κ3) is 7.40. The number of carbonyl (C=O) groups excluding carboxylic acids is 3. The summed E-state index contributed by atoms with van der Waals surface area (Å²) in [5, 5.41) is 17.0. The van der Waals surface area contributed by atoms with Gasteiger partial charge in [0.05, 0.1) is 47.5 Å². The van der Waals surface area contributed by atoms with Crippen LogP contribution in [0.1, 0.15) is 69.3 Å². The van der Waals surface area contributed by atoms with Gasteiger partial charge in [-0.25, -0.2) is 9.97 Å². The van der Waals surface area contributed by atoms with Gasteiger partial charge in [0.1, 0.15) is 28.4 Å². The third-order valence-corrected chi connectivity index (χ3v) is 11.2. The number of imidazole rings is 1. The molecule has 6 N–H and O–H groups in total. The van der Waals surface area contributed by atoms with Crippen LogP contribution in [0.4, 0.5) is 5.95 Å². The van der Waals surface area contributed by atoms with Crippen LogP contribution < -0.4 is 31.6 Å². The second kappa shape index (κ2) is 16.1. The Kier molecular flexibility index (Phi) is 10.8. The summed E-state index contributed by atoms with van der Waals surface area (Å²) in [6.07, 6.45) is 1.58. The maximum Gasteiger partial charge on any atom is 0.276 e. The normalized spacial score (nSPS) is 15.0. The number of hydrogen-bond donors (Lipinski definition) is 4. The van der Waals surface area contributed by atoms with Gasteiger partial charge in [-0.3, -0.25) is 29.1 Å². The van der Waals surface area contributed by atoms with Crippen molar-refractivity contribution in [3.63, 3.8) is 0 Å². The zero-order chi connectivity index (χ0) is 42.4. The van der Waals surface area contributed by atoms with Gasteiger partial charge in [0, 0.05) is 48.1 Å². The summed E-state index contributed by atoms with van der Waals surface area (Å²) < 4.78 is 20.0. The second-order valence-corrected chi connectivity index (χ2v) is 15.4. The summed E-state index contributed by atoms with van der Waals surface area (Å²) >= 11 is 0. The summed E-state index contributed by atoms with van der Waals surface area (Å²) in [4.78, 5) is 49.0. The molecule has 0 bridgehead atoms. The van der Waals surface area contributed by atoms with Crippen LogP contribution in [0.5, 0.6) is 11.5 Å². The quantitative estimate of drug-likeness (QED) is 0.0899. The maximum absolute atomic E-state index is 13.9. The number of pyridine rings is 1. The fraction of sp³-hybridized carbons (Fsp3) is 0.372. The van der Waals surface area contributed by atoms with Crippen molar-refractivity contribution >= 4 is 56.6 Å². The Bertz CT molecular complexity index is 2810. The summed E-state index contributed by atoms with van der Waals surface area (Å²) in [5.41, 5.74) is 18.5. The Morgan fingerprint density at radius 1 is 0.817 bits per heavy atom. The number of carbonyl (C=O) groups is 3. The molecule has 7 aromatic rings. The van der Waals surface area contributed by atoms with E-state index >= 15 is 0 Å². The monoisotopic (exact) mass is 814 g/mol. The standard InChI is InChI=1S/C43H50N12O5/c1-7-54-33(14-23(3)50-54)31-11-10-29-30-17-25(39(44)56)19-35(59-6)37(30)52(41(29)47-31)21-27-16-28(27)22-53-38-32(18-26(40(45)57)20-36(38)60-13-9-12-46-5)48-43(53)49-42(58)34-15-24(4)51-55(34)8-2/h10-11,14-15,17-20,27-28,46H,7-9,12-13,16,21-22H2,1-6H3,(H2,44,56)(H2,45,57)(H,48,49,58)/t27-,28-/m0/s1. The van der Waals surface area contributed by atoms with E-state index in [9.17, 15) is 14.4 Å². The number of methoxy groups -OCH3 is 1. The van der Waals surface area contributed by atoms with E-state index in [0.717, 1.165) is 64.1 Å². The topological polar surface area (TPSA) is 217 Å². The zero-order valence-corrected chi connectivity index (χ0v) is 34.7. The smallest absolute Gasteiger partial charge is 0.276 e. The molecule has 0 unspecified atom stereocenters. The number of benzene rings is 2. The molecule has 2 aromatic carbocycles. The Labute approximate surface area is 346 Å². The number of aromatic nitrogens is 8. The molecule has 5 aromatic heterocycles. The number of nitrogens with one attached hydrogen (secondary N) is 2. The van der Waals surface area contributed by atoms with Crippen LogP contribution in [0.15, 0.2) is 48.5 Å². The lowest BCUT2D eigenvalue weighted by Crippen LogP contribution is -2.20. The van der Waals surface area contributed by atoms with Gasteiger partial charge < -0.3 is 35.4 Å². The number of anilines is 1. The zero-order valence-electron chi connectivity index (χ0n) is 34.7. The number of nitrogens with two attached hydrogens (primary N) is 2. The van der Waals surface area contributed by atoms with Gasteiger partial charge >= 0.3 is 0 Å². The maximum atomic E-state index is 13.9. The summed E-state index contributed by atoms with van der Waals surface area (Å²) in [6.45, 7) is 11.2. The lowest BCUT2D eigenvalue weighted by atomic mass is 10.1. The van der Waals surface area contributed by atoms with Crippen molar-refractivity contribution in [2.75, 3.05) is 32.6 Å². The highest BCUT2D eigenvalue weighted by Crippen LogP contribution is 2.46. The molecular weight excluding hydrogens is 765 g/mol. The Morgan fingerprint density at radius 2 is 1.50 bits per heavy atom. The van der Waals surface area contributed by atoms with Gasteiger partial charge in [-0.15, -0.1) is 0 Å². The van der Waals surface area contributed by atoms with Crippen LogP contribution in [0.25, 0.3) is 44.4 Å². The number of amides is 3. The van der Waals surface area contributed by atoms with Crippen LogP contribution in [0, 0.1) is 25.7 Å². The van der Waals surface area contributed by atoms with Crippen molar-refractivity contribution in [1.29, 1.82) is 0 Å². The molecule has 0 saturated heterocycles. The number of fused-ring (bicyclic) bond motifs is 4. The van der Waals surface area contributed by atoms with Crippen molar-refractivity contribution in [3.8, 4) is 22.9 Å². The Balaban J connectivity index is 1.20. The summed E-state index contributed by atoms with van der Waals surface area (Å²) in [6, 6.07) is 14.6. The van der Waals surface area contributed by atoms with E-state index in [1.54, 1.807) is 36.1 Å². The van der Waals surface area contributed by atoms with Gasteiger partial charge in [-0.2, -0.15) is 10.2 Å². The average molecular weight is 815 g/mol. The van der Waals surface area contributed by atoms with Crippen LogP contribution in [-0.2, 0) is 26.2 Å². The highest BCUT2D eigenvalue weighted by atomic mass is 16.5. The molecule has 1 fully saturated rings. The third-order valence-electron chi connectivity index (χ3n) is 11.2. The molecule has 0 aliphatic heterocycles. The molecule has 0 radical (unpaired) electrons. The lowest BCUT2D eigenvalue weighted by Gasteiger charge is -2.15. The predicted molar refractivity (Wildman–Crippen MR) is 228 cm³/mol. The highest BCUT2D eigenvalue weighted by Gasteiger charge is 2.40. The van der Waals surface area contributed by atoms with E-state index in [-0.39, 0.29) is 23.3 Å². The first kappa shape index (κ1) is 40.0. The van der Waals surface area contributed by atoms with Gasteiger partial charge in [-0.1, -0.05) is 0 Å². The first-order chi connectivity index (χ1) is 28.9. The van der Waals surface area contributed by atoms with Gasteiger partial charge in [0.2, 0.25) is 17.8 Å². The first-order valence-electron chi connectivity index (χ1n) is 20.3. The minimum absolute atomic E-state index is 0.144. The number of rotatable bonds is 17. The molecular formula is C43H50N12O5. The number of hydrogen-bond acceptors (Lipinski definition) is 10. The van der Waals surface area contributed by atoms with E-state index in [0.29, 0.717) is 72.5 Å². The summed E-state index contributed by atoms with van der Waals surface area (Å²) in [5.74, 6) is 0.0782. The van der Waals surface area contributed by atoms with E-state index in [1.165, 1.54) is 0 Å². The van der Waals surface area contributed by atoms with Gasteiger partial charge in [0.15, 0.2) is 0 Å². The van der Waals surface area contributed by atoms with Gasteiger partial charge in [0.25, 0.3) is 5.91 Å². The second-order valence-electron chi connectivity index (χ2n) is 15.4. The van der Waals surface area contributed by atoms with Crippen LogP contribution in [0.3, 0.4) is 0 Å². The minimum Gasteiger partial charge on any atom is -0.495 e. The van der Waals surface area contributed by atoms with Gasteiger partial charge in [-0.05, 0) is 114 Å². The molecule has 17 nitrogen and oxygen atoms in total. The fourth-order valence-corrected chi connectivity index (χ4v) is 8.22. The number of ether oxygens (including phenoxy) is 2. The largest absolute Gasteiger partial charge is 0.495 e. The molecule has 17 heteroatoms. The number of aryl methyl sites for hydroxylation is 4. The van der Waals surface area contributed by atoms with E-state index < -0.39 is 11.8 Å². The molecule has 1 saturated carbocycles. The molecule has 60 heavy (non-hydrogen) atoms. The van der Waals surface area contributed by atoms with Crippen LogP contribution >= 0.6 is 0 Å².